The number of rotatable bonds is 1. The van der Waals surface area contributed by atoms with Crippen LogP contribution >= 0.6 is 11.6 Å². The predicted octanol–water partition coefficient (Wildman–Crippen LogP) is 1.82. The summed E-state index contributed by atoms with van der Waals surface area (Å²) in [5, 5.41) is 9.97. The van der Waals surface area contributed by atoms with Gasteiger partial charge in [-0.05, 0) is 12.1 Å². The number of nitrogens with zero attached hydrogens (tertiary/aromatic N) is 1. The average Bonchev–Trinajstić information content (AvgIpc) is 2.57. The molecule has 0 aliphatic carbocycles. The highest BCUT2D eigenvalue weighted by atomic mass is 35.5. The fourth-order valence-electron chi connectivity index (χ4n) is 1.21. The summed E-state index contributed by atoms with van der Waals surface area (Å²) < 4.78 is 5.21. The number of hydrogen-bond donors (Lipinski definition) is 1. The molecule has 1 N–H and O–H groups in total. The maximum Gasteiger partial charge on any atom is 0.221 e. The van der Waals surface area contributed by atoms with Gasteiger partial charge in [0.1, 0.15) is 12.4 Å². The number of benzene rings is 1. The highest BCUT2D eigenvalue weighted by Crippen LogP contribution is 2.27. The van der Waals surface area contributed by atoms with E-state index in [1.807, 2.05) is 0 Å². The van der Waals surface area contributed by atoms with E-state index < -0.39 is 0 Å². The Kier molecular flexibility index (Phi) is 2.10. The fraction of sp³-hybridized carbons (Fsp3) is 0.222. The summed E-state index contributed by atoms with van der Waals surface area (Å²) in [4.78, 5) is 4.08. The van der Waals surface area contributed by atoms with Crippen LogP contribution in [-0.2, 0) is 4.74 Å². The smallest absolute Gasteiger partial charge is 0.221 e. The molecular weight excluding hydrogens is 190 g/mol. The standard InChI is InChI=1S/C9H8ClNO2/c10-6-2-1-3-7(12)8(6)9-11-4-5-13-9/h1-3,12H,4-5H2. The van der Waals surface area contributed by atoms with Gasteiger partial charge in [-0.3, -0.25) is 0 Å². The minimum absolute atomic E-state index is 0.105. The van der Waals surface area contributed by atoms with Gasteiger partial charge in [0.25, 0.3) is 0 Å². The van der Waals surface area contributed by atoms with Crippen LogP contribution in [0, 0.1) is 0 Å². The third-order valence-electron chi connectivity index (χ3n) is 1.79. The molecule has 1 aromatic carbocycles. The van der Waals surface area contributed by atoms with E-state index in [0.29, 0.717) is 29.6 Å². The van der Waals surface area contributed by atoms with E-state index in [1.54, 1.807) is 18.2 Å². The summed E-state index contributed by atoms with van der Waals surface area (Å²) >= 11 is 5.89. The van der Waals surface area contributed by atoms with Crippen LogP contribution in [-0.4, -0.2) is 24.2 Å². The van der Waals surface area contributed by atoms with Crippen molar-refractivity contribution in [3.63, 3.8) is 0 Å². The molecular formula is C9H8ClNO2. The molecule has 0 atom stereocenters. The Balaban J connectivity index is 2.49. The van der Waals surface area contributed by atoms with E-state index in [9.17, 15) is 5.11 Å². The number of aliphatic imine (C=N–C) groups is 1. The second-order valence-corrected chi connectivity index (χ2v) is 3.08. The van der Waals surface area contributed by atoms with Gasteiger partial charge in [-0.25, -0.2) is 4.99 Å². The SMILES string of the molecule is Oc1cccc(Cl)c1C1=NCCO1. The van der Waals surface area contributed by atoms with E-state index in [0.717, 1.165) is 0 Å². The van der Waals surface area contributed by atoms with Gasteiger partial charge in [0.15, 0.2) is 0 Å². The fourth-order valence-corrected chi connectivity index (χ4v) is 1.46. The van der Waals surface area contributed by atoms with Crippen molar-refractivity contribution >= 4 is 17.5 Å². The Bertz CT molecular complexity index is 342. The number of aromatic hydroxyl groups is 1. The molecule has 68 valence electrons. The summed E-state index contributed by atoms with van der Waals surface area (Å²) in [5.74, 6) is 0.538. The van der Waals surface area contributed by atoms with Crippen LogP contribution < -0.4 is 0 Å². The van der Waals surface area contributed by atoms with Crippen LogP contribution in [0.3, 0.4) is 0 Å². The monoisotopic (exact) mass is 197 g/mol. The lowest BCUT2D eigenvalue weighted by atomic mass is 10.2. The lowest BCUT2D eigenvalue weighted by molar-refractivity contribution is 0.346. The maximum atomic E-state index is 9.51. The first-order chi connectivity index (χ1) is 6.29. The van der Waals surface area contributed by atoms with Crippen LogP contribution in [0.4, 0.5) is 0 Å². The van der Waals surface area contributed by atoms with Gasteiger partial charge in [0.2, 0.25) is 5.90 Å². The summed E-state index contributed by atoms with van der Waals surface area (Å²) in [6.45, 7) is 1.18. The summed E-state index contributed by atoms with van der Waals surface area (Å²) in [6.07, 6.45) is 0. The van der Waals surface area contributed by atoms with E-state index in [-0.39, 0.29) is 5.75 Å². The van der Waals surface area contributed by atoms with Crippen molar-refractivity contribution in [2.24, 2.45) is 4.99 Å². The van der Waals surface area contributed by atoms with Crippen LogP contribution in [0.15, 0.2) is 23.2 Å². The maximum absolute atomic E-state index is 9.51. The van der Waals surface area contributed by atoms with Gasteiger partial charge in [-0.2, -0.15) is 0 Å². The van der Waals surface area contributed by atoms with Crippen molar-refractivity contribution < 1.29 is 9.84 Å². The molecule has 0 amide bonds. The lowest BCUT2D eigenvalue weighted by Gasteiger charge is -2.05. The third-order valence-corrected chi connectivity index (χ3v) is 2.11. The Labute approximate surface area is 80.6 Å². The van der Waals surface area contributed by atoms with Gasteiger partial charge < -0.3 is 9.84 Å². The molecule has 4 heteroatoms. The molecule has 0 bridgehead atoms. The van der Waals surface area contributed by atoms with E-state index in [4.69, 9.17) is 16.3 Å². The quantitative estimate of drug-likeness (QED) is 0.746. The van der Waals surface area contributed by atoms with Crippen LogP contribution in [0.5, 0.6) is 5.75 Å². The van der Waals surface area contributed by atoms with Crippen LogP contribution in [0.2, 0.25) is 5.02 Å². The zero-order chi connectivity index (χ0) is 9.26. The Hall–Kier alpha value is -1.22. The van der Waals surface area contributed by atoms with Gasteiger partial charge in [-0.1, -0.05) is 17.7 Å². The van der Waals surface area contributed by atoms with Crippen molar-refractivity contribution in [2.75, 3.05) is 13.2 Å². The molecule has 0 radical (unpaired) electrons. The number of phenolic OH excluding ortho intramolecular Hbond substituents is 1. The van der Waals surface area contributed by atoms with Crippen molar-refractivity contribution in [3.05, 3.63) is 28.8 Å². The molecule has 1 heterocycles. The molecule has 3 nitrogen and oxygen atoms in total. The molecule has 2 rings (SSSR count). The first-order valence-corrected chi connectivity index (χ1v) is 4.32. The van der Waals surface area contributed by atoms with Crippen molar-refractivity contribution in [3.8, 4) is 5.75 Å². The normalized spacial score (nSPS) is 15.3. The van der Waals surface area contributed by atoms with E-state index in [1.165, 1.54) is 0 Å². The topological polar surface area (TPSA) is 41.8 Å². The Morgan fingerprint density at radius 1 is 1.46 bits per heavy atom. The molecule has 0 unspecified atom stereocenters. The molecule has 0 aromatic heterocycles. The van der Waals surface area contributed by atoms with E-state index >= 15 is 0 Å². The number of hydrogen-bond acceptors (Lipinski definition) is 3. The van der Waals surface area contributed by atoms with Gasteiger partial charge in [-0.15, -0.1) is 0 Å². The Morgan fingerprint density at radius 3 is 2.92 bits per heavy atom. The molecule has 1 aromatic rings. The summed E-state index contributed by atoms with van der Waals surface area (Å²) in [5.41, 5.74) is 0.488. The predicted molar refractivity (Wildman–Crippen MR) is 50.5 cm³/mol. The summed E-state index contributed by atoms with van der Waals surface area (Å²) in [7, 11) is 0. The minimum Gasteiger partial charge on any atom is -0.507 e. The van der Waals surface area contributed by atoms with Gasteiger partial charge >= 0.3 is 0 Å². The number of halogens is 1. The summed E-state index contributed by atoms with van der Waals surface area (Å²) in [6, 6.07) is 4.93. The van der Waals surface area contributed by atoms with Crippen molar-refractivity contribution in [1.29, 1.82) is 0 Å². The molecule has 0 fully saturated rings. The highest BCUT2D eigenvalue weighted by molar-refractivity contribution is 6.34. The second-order valence-electron chi connectivity index (χ2n) is 2.67. The molecule has 0 saturated carbocycles. The second kappa shape index (κ2) is 3.26. The zero-order valence-corrected chi connectivity index (χ0v) is 7.58. The molecule has 13 heavy (non-hydrogen) atoms. The molecule has 0 saturated heterocycles. The van der Waals surface area contributed by atoms with Crippen LogP contribution in [0.1, 0.15) is 5.56 Å². The van der Waals surface area contributed by atoms with E-state index in [2.05, 4.69) is 4.99 Å². The molecule has 0 spiro atoms. The molecule has 1 aliphatic heterocycles. The highest BCUT2D eigenvalue weighted by Gasteiger charge is 2.17. The largest absolute Gasteiger partial charge is 0.507 e. The average molecular weight is 198 g/mol. The van der Waals surface area contributed by atoms with Crippen molar-refractivity contribution in [1.82, 2.24) is 0 Å². The molecule has 1 aliphatic rings. The first-order valence-electron chi connectivity index (χ1n) is 3.94. The Morgan fingerprint density at radius 2 is 2.31 bits per heavy atom. The third kappa shape index (κ3) is 1.47. The number of phenols is 1. The van der Waals surface area contributed by atoms with Crippen LogP contribution in [0.25, 0.3) is 0 Å². The zero-order valence-electron chi connectivity index (χ0n) is 6.83. The first kappa shape index (κ1) is 8.38. The lowest BCUT2D eigenvalue weighted by Crippen LogP contribution is -2.02. The van der Waals surface area contributed by atoms with Gasteiger partial charge in [0.05, 0.1) is 17.1 Å². The minimum atomic E-state index is 0.105. The van der Waals surface area contributed by atoms with Gasteiger partial charge in [0, 0.05) is 0 Å². The number of ether oxygens (including phenoxy) is 1. The van der Waals surface area contributed by atoms with Crippen molar-refractivity contribution in [2.45, 2.75) is 0 Å².